The summed E-state index contributed by atoms with van der Waals surface area (Å²) in [5.41, 5.74) is 6.47. The third-order valence-electron chi connectivity index (χ3n) is 2.68. The molecule has 0 fully saturated rings. The number of primary amides is 1. The lowest BCUT2D eigenvalue weighted by atomic mass is 9.94. The van der Waals surface area contributed by atoms with Crippen molar-refractivity contribution in [2.45, 2.75) is 32.6 Å². The highest BCUT2D eigenvalue weighted by Crippen LogP contribution is 2.18. The van der Waals surface area contributed by atoms with E-state index in [1.807, 2.05) is 24.3 Å². The Morgan fingerprint density at radius 1 is 1.50 bits per heavy atom. The van der Waals surface area contributed by atoms with Gasteiger partial charge in [0.25, 0.3) is 0 Å². The number of hydrogen-bond acceptors (Lipinski definition) is 1. The molecule has 16 heavy (non-hydrogen) atoms. The first kappa shape index (κ1) is 13.0. The van der Waals surface area contributed by atoms with E-state index in [-0.39, 0.29) is 11.8 Å². The van der Waals surface area contributed by atoms with Crippen molar-refractivity contribution in [3.8, 4) is 0 Å². The Hall–Kier alpha value is -1.02. The van der Waals surface area contributed by atoms with Gasteiger partial charge in [-0.15, -0.1) is 0 Å². The van der Waals surface area contributed by atoms with Crippen molar-refractivity contribution >= 4 is 17.5 Å². The molecule has 1 amide bonds. The molecule has 2 nitrogen and oxygen atoms in total. The fourth-order valence-electron chi connectivity index (χ4n) is 1.74. The summed E-state index contributed by atoms with van der Waals surface area (Å²) in [6.45, 7) is 2.11. The molecular formula is C13H18ClNO. The van der Waals surface area contributed by atoms with Gasteiger partial charge in [-0.25, -0.2) is 0 Å². The number of rotatable bonds is 6. The number of benzene rings is 1. The Labute approximate surface area is 102 Å². The van der Waals surface area contributed by atoms with Gasteiger partial charge in [-0.3, -0.25) is 4.79 Å². The third-order valence-corrected chi connectivity index (χ3v) is 2.91. The number of hydrogen-bond donors (Lipinski definition) is 1. The van der Waals surface area contributed by atoms with Gasteiger partial charge in [-0.05, 0) is 30.5 Å². The second kappa shape index (κ2) is 6.54. The topological polar surface area (TPSA) is 43.1 Å². The summed E-state index contributed by atoms with van der Waals surface area (Å²) in [5.74, 6) is -0.285. The van der Waals surface area contributed by atoms with Crippen LogP contribution in [0.4, 0.5) is 0 Å². The quantitative estimate of drug-likeness (QED) is 0.814. The third kappa shape index (κ3) is 4.23. The summed E-state index contributed by atoms with van der Waals surface area (Å²) in [4.78, 5) is 11.3. The SMILES string of the molecule is CCCCC(Cc1cccc(Cl)c1)C(N)=O. The molecule has 1 aromatic rings. The van der Waals surface area contributed by atoms with E-state index < -0.39 is 0 Å². The van der Waals surface area contributed by atoms with E-state index in [1.54, 1.807) is 0 Å². The summed E-state index contributed by atoms with van der Waals surface area (Å²) >= 11 is 5.90. The number of halogens is 1. The van der Waals surface area contributed by atoms with Crippen LogP contribution < -0.4 is 5.73 Å². The minimum absolute atomic E-state index is 0.0709. The van der Waals surface area contributed by atoms with Crippen LogP contribution in [0.25, 0.3) is 0 Å². The Morgan fingerprint density at radius 3 is 2.81 bits per heavy atom. The molecule has 1 atom stereocenters. The van der Waals surface area contributed by atoms with E-state index in [9.17, 15) is 4.79 Å². The fourth-order valence-corrected chi connectivity index (χ4v) is 1.96. The van der Waals surface area contributed by atoms with E-state index >= 15 is 0 Å². The molecule has 1 aromatic carbocycles. The van der Waals surface area contributed by atoms with Crippen LogP contribution in [0.3, 0.4) is 0 Å². The average Bonchev–Trinajstić information content (AvgIpc) is 2.24. The Balaban J connectivity index is 2.64. The molecule has 0 spiro atoms. The molecule has 0 aliphatic rings. The highest BCUT2D eigenvalue weighted by molar-refractivity contribution is 6.30. The molecule has 1 unspecified atom stereocenters. The highest BCUT2D eigenvalue weighted by Gasteiger charge is 2.15. The van der Waals surface area contributed by atoms with Crippen LogP contribution in [0.15, 0.2) is 24.3 Å². The van der Waals surface area contributed by atoms with Crippen LogP contribution in [0, 0.1) is 5.92 Å². The van der Waals surface area contributed by atoms with Crippen molar-refractivity contribution in [1.29, 1.82) is 0 Å². The summed E-state index contributed by atoms with van der Waals surface area (Å²) in [5, 5.41) is 0.705. The monoisotopic (exact) mass is 239 g/mol. The molecule has 3 heteroatoms. The van der Waals surface area contributed by atoms with Gasteiger partial charge in [0.1, 0.15) is 0 Å². The minimum atomic E-state index is -0.214. The van der Waals surface area contributed by atoms with E-state index in [0.717, 1.165) is 24.8 Å². The zero-order valence-corrected chi connectivity index (χ0v) is 10.3. The Kier molecular flexibility index (Phi) is 5.33. The maximum Gasteiger partial charge on any atom is 0.220 e. The fraction of sp³-hybridized carbons (Fsp3) is 0.462. The predicted molar refractivity (Wildman–Crippen MR) is 67.4 cm³/mol. The lowest BCUT2D eigenvalue weighted by Crippen LogP contribution is -2.25. The largest absolute Gasteiger partial charge is 0.369 e. The van der Waals surface area contributed by atoms with Crippen LogP contribution in [0.1, 0.15) is 31.7 Å². The first-order valence-corrected chi connectivity index (χ1v) is 6.05. The molecule has 0 aliphatic carbocycles. The number of carbonyl (C=O) groups is 1. The zero-order valence-electron chi connectivity index (χ0n) is 9.58. The van der Waals surface area contributed by atoms with Gasteiger partial charge in [0.2, 0.25) is 5.91 Å². The minimum Gasteiger partial charge on any atom is -0.369 e. The normalized spacial score (nSPS) is 12.4. The average molecular weight is 240 g/mol. The lowest BCUT2D eigenvalue weighted by Gasteiger charge is -2.12. The van der Waals surface area contributed by atoms with Crippen molar-refractivity contribution in [1.82, 2.24) is 0 Å². The molecule has 0 bridgehead atoms. The highest BCUT2D eigenvalue weighted by atomic mass is 35.5. The van der Waals surface area contributed by atoms with Gasteiger partial charge in [-0.2, -0.15) is 0 Å². The Bertz CT molecular complexity index is 352. The lowest BCUT2D eigenvalue weighted by molar-refractivity contribution is -0.122. The van der Waals surface area contributed by atoms with Gasteiger partial charge in [0.15, 0.2) is 0 Å². The molecule has 88 valence electrons. The second-order valence-electron chi connectivity index (χ2n) is 4.08. The van der Waals surface area contributed by atoms with Crippen molar-refractivity contribution < 1.29 is 4.79 Å². The van der Waals surface area contributed by atoms with Crippen molar-refractivity contribution in [2.24, 2.45) is 11.7 Å². The molecule has 0 radical (unpaired) electrons. The maximum atomic E-state index is 11.3. The Morgan fingerprint density at radius 2 is 2.25 bits per heavy atom. The molecule has 0 saturated carbocycles. The molecule has 0 aromatic heterocycles. The van der Waals surface area contributed by atoms with Crippen LogP contribution in [-0.2, 0) is 11.2 Å². The van der Waals surface area contributed by atoms with Gasteiger partial charge in [0, 0.05) is 10.9 Å². The molecule has 0 aliphatic heterocycles. The maximum absolute atomic E-state index is 11.3. The van der Waals surface area contributed by atoms with Crippen LogP contribution >= 0.6 is 11.6 Å². The number of carbonyl (C=O) groups excluding carboxylic acids is 1. The van der Waals surface area contributed by atoms with E-state index in [2.05, 4.69) is 6.92 Å². The summed E-state index contributed by atoms with van der Waals surface area (Å²) in [6, 6.07) is 7.60. The molecule has 0 saturated heterocycles. The smallest absolute Gasteiger partial charge is 0.220 e. The van der Waals surface area contributed by atoms with Crippen LogP contribution in [0.2, 0.25) is 5.02 Å². The van der Waals surface area contributed by atoms with Gasteiger partial charge < -0.3 is 5.73 Å². The van der Waals surface area contributed by atoms with Crippen LogP contribution in [-0.4, -0.2) is 5.91 Å². The van der Waals surface area contributed by atoms with E-state index in [1.165, 1.54) is 0 Å². The predicted octanol–water partition coefficient (Wildman–Crippen LogP) is 3.17. The van der Waals surface area contributed by atoms with E-state index in [4.69, 9.17) is 17.3 Å². The first-order chi connectivity index (χ1) is 7.63. The van der Waals surface area contributed by atoms with Gasteiger partial charge in [-0.1, -0.05) is 43.5 Å². The molecular weight excluding hydrogens is 222 g/mol. The standard InChI is InChI=1S/C13H18ClNO/c1-2-3-6-11(13(15)16)8-10-5-4-7-12(14)9-10/h4-5,7,9,11H,2-3,6,8H2,1H3,(H2,15,16). The summed E-state index contributed by atoms with van der Waals surface area (Å²) < 4.78 is 0. The number of amides is 1. The molecule has 1 rings (SSSR count). The van der Waals surface area contributed by atoms with Crippen molar-refractivity contribution in [3.63, 3.8) is 0 Å². The number of unbranched alkanes of at least 4 members (excludes halogenated alkanes) is 1. The second-order valence-corrected chi connectivity index (χ2v) is 4.51. The van der Waals surface area contributed by atoms with E-state index in [0.29, 0.717) is 11.4 Å². The molecule has 0 heterocycles. The van der Waals surface area contributed by atoms with Gasteiger partial charge >= 0.3 is 0 Å². The zero-order chi connectivity index (χ0) is 12.0. The number of nitrogens with two attached hydrogens (primary N) is 1. The molecule has 2 N–H and O–H groups in total. The van der Waals surface area contributed by atoms with Gasteiger partial charge in [0.05, 0.1) is 0 Å². The first-order valence-electron chi connectivity index (χ1n) is 5.67. The summed E-state index contributed by atoms with van der Waals surface area (Å²) in [7, 11) is 0. The van der Waals surface area contributed by atoms with Crippen molar-refractivity contribution in [2.75, 3.05) is 0 Å². The van der Waals surface area contributed by atoms with Crippen LogP contribution in [0.5, 0.6) is 0 Å². The summed E-state index contributed by atoms with van der Waals surface area (Å²) in [6.07, 6.45) is 3.67. The van der Waals surface area contributed by atoms with Crippen molar-refractivity contribution in [3.05, 3.63) is 34.9 Å².